The van der Waals surface area contributed by atoms with Crippen LogP contribution < -0.4 is 5.56 Å². The van der Waals surface area contributed by atoms with E-state index in [4.69, 9.17) is 5.11 Å². The van der Waals surface area contributed by atoms with Gasteiger partial charge in [0, 0.05) is 5.39 Å². The highest BCUT2D eigenvalue weighted by molar-refractivity contribution is 5.91. The molecule has 2 aromatic rings. The summed E-state index contributed by atoms with van der Waals surface area (Å²) in [5.74, 6) is -1.76. The lowest BCUT2D eigenvalue weighted by Gasteiger charge is -1.99. The smallest absolute Gasteiger partial charge is 0.352 e. The van der Waals surface area contributed by atoms with Gasteiger partial charge >= 0.3 is 5.97 Å². The maximum atomic E-state index is 12.8. The van der Waals surface area contributed by atoms with Crippen molar-refractivity contribution in [1.82, 2.24) is 4.98 Å². The topological polar surface area (TPSA) is 70.2 Å². The van der Waals surface area contributed by atoms with Crippen LogP contribution in [0.5, 0.6) is 0 Å². The highest BCUT2D eigenvalue weighted by Crippen LogP contribution is 2.12. The summed E-state index contributed by atoms with van der Waals surface area (Å²) in [6, 6.07) is 4.90. The van der Waals surface area contributed by atoms with E-state index in [1.807, 2.05) is 0 Å². The zero-order valence-electron chi connectivity index (χ0n) is 7.45. The highest BCUT2D eigenvalue weighted by Gasteiger charge is 2.07. The molecule has 76 valence electrons. The number of halogens is 1. The van der Waals surface area contributed by atoms with Crippen LogP contribution >= 0.6 is 0 Å². The lowest BCUT2D eigenvalue weighted by Crippen LogP contribution is -2.12. The summed E-state index contributed by atoms with van der Waals surface area (Å²) in [7, 11) is 0. The van der Waals surface area contributed by atoms with E-state index in [0.717, 1.165) is 6.07 Å². The van der Waals surface area contributed by atoms with Crippen molar-refractivity contribution in [2.45, 2.75) is 0 Å². The molecule has 0 bridgehead atoms. The number of hydrogen-bond donors (Lipinski definition) is 2. The van der Waals surface area contributed by atoms with E-state index >= 15 is 0 Å². The number of aromatic carboxylic acids is 1. The number of rotatable bonds is 1. The minimum atomic E-state index is -1.22. The lowest BCUT2D eigenvalue weighted by atomic mass is 10.1. The average molecular weight is 207 g/mol. The van der Waals surface area contributed by atoms with Crippen LogP contribution in [0, 0.1) is 5.82 Å². The Hall–Kier alpha value is -2.17. The van der Waals surface area contributed by atoms with Crippen molar-refractivity contribution in [3.8, 4) is 0 Å². The highest BCUT2D eigenvalue weighted by atomic mass is 19.1. The lowest BCUT2D eigenvalue weighted by molar-refractivity contribution is 0.0690. The number of fused-ring (bicyclic) bond motifs is 1. The van der Waals surface area contributed by atoms with Crippen LogP contribution in [0.25, 0.3) is 10.8 Å². The summed E-state index contributed by atoms with van der Waals surface area (Å²) in [5.41, 5.74) is -0.816. The van der Waals surface area contributed by atoms with E-state index in [9.17, 15) is 14.0 Å². The van der Waals surface area contributed by atoms with Crippen molar-refractivity contribution in [3.63, 3.8) is 0 Å². The number of hydrogen-bond acceptors (Lipinski definition) is 2. The summed E-state index contributed by atoms with van der Waals surface area (Å²) in [4.78, 5) is 24.1. The van der Waals surface area contributed by atoms with Crippen molar-refractivity contribution in [2.75, 3.05) is 0 Å². The predicted molar refractivity (Wildman–Crippen MR) is 51.5 cm³/mol. The molecule has 2 rings (SSSR count). The molecule has 0 aliphatic rings. The number of aromatic amines is 1. The molecule has 0 fully saturated rings. The fourth-order valence-corrected chi connectivity index (χ4v) is 1.35. The van der Waals surface area contributed by atoms with Gasteiger partial charge in [-0.2, -0.15) is 0 Å². The van der Waals surface area contributed by atoms with Gasteiger partial charge in [-0.05, 0) is 23.6 Å². The number of nitrogens with one attached hydrogen (secondary N) is 1. The molecule has 0 saturated heterocycles. The van der Waals surface area contributed by atoms with E-state index in [0.29, 0.717) is 5.39 Å². The SMILES string of the molecule is O=C(O)c1cc2ccc(F)cc2c(=O)[nH]1. The molecule has 1 aromatic carbocycles. The number of pyridine rings is 1. The number of carboxylic acids is 1. The summed E-state index contributed by atoms with van der Waals surface area (Å²) in [6.07, 6.45) is 0. The van der Waals surface area contributed by atoms with E-state index in [2.05, 4.69) is 4.98 Å². The Morgan fingerprint density at radius 2 is 2.07 bits per heavy atom. The fraction of sp³-hybridized carbons (Fsp3) is 0. The van der Waals surface area contributed by atoms with Gasteiger partial charge in [-0.25, -0.2) is 9.18 Å². The van der Waals surface area contributed by atoms with Gasteiger partial charge in [0.25, 0.3) is 5.56 Å². The first kappa shape index (κ1) is 9.39. The van der Waals surface area contributed by atoms with Crippen LogP contribution in [0.4, 0.5) is 4.39 Å². The van der Waals surface area contributed by atoms with Crippen LogP contribution in [0.2, 0.25) is 0 Å². The van der Waals surface area contributed by atoms with Crippen molar-refractivity contribution >= 4 is 16.7 Å². The van der Waals surface area contributed by atoms with E-state index in [1.54, 1.807) is 0 Å². The van der Waals surface area contributed by atoms with Gasteiger partial charge in [0.2, 0.25) is 0 Å². The molecule has 0 atom stereocenters. The third-order valence-electron chi connectivity index (χ3n) is 2.04. The minimum absolute atomic E-state index is 0.139. The first-order chi connectivity index (χ1) is 7.08. The maximum absolute atomic E-state index is 12.8. The second-order valence-corrected chi connectivity index (χ2v) is 3.05. The number of carboxylic acid groups (broad SMARTS) is 1. The van der Waals surface area contributed by atoms with Crippen LogP contribution in [0.3, 0.4) is 0 Å². The summed E-state index contributed by atoms with van der Waals surface area (Å²) < 4.78 is 12.8. The minimum Gasteiger partial charge on any atom is -0.477 e. The summed E-state index contributed by atoms with van der Waals surface area (Å²) in [5, 5.41) is 9.22. The molecule has 0 aliphatic heterocycles. The third kappa shape index (κ3) is 1.59. The first-order valence-electron chi connectivity index (χ1n) is 4.14. The molecule has 0 unspecified atom stereocenters. The molecule has 4 nitrogen and oxygen atoms in total. The van der Waals surface area contributed by atoms with Gasteiger partial charge in [0.05, 0.1) is 0 Å². The van der Waals surface area contributed by atoms with Crippen LogP contribution in [-0.4, -0.2) is 16.1 Å². The molecule has 5 heteroatoms. The summed E-state index contributed by atoms with van der Waals surface area (Å²) in [6.45, 7) is 0. The number of H-pyrrole nitrogens is 1. The number of carbonyl (C=O) groups is 1. The molecule has 2 N–H and O–H groups in total. The molecular formula is C10H6FNO3. The third-order valence-corrected chi connectivity index (χ3v) is 2.04. The number of aromatic nitrogens is 1. The second kappa shape index (κ2) is 3.20. The van der Waals surface area contributed by atoms with Crippen LogP contribution in [0.15, 0.2) is 29.1 Å². The van der Waals surface area contributed by atoms with Gasteiger partial charge in [0.1, 0.15) is 11.5 Å². The Labute approximate surface area is 83.0 Å². The largest absolute Gasteiger partial charge is 0.477 e. The van der Waals surface area contributed by atoms with Crippen molar-refractivity contribution < 1.29 is 14.3 Å². The molecular weight excluding hydrogens is 201 g/mol. The number of benzene rings is 1. The van der Waals surface area contributed by atoms with Gasteiger partial charge in [-0.15, -0.1) is 0 Å². The molecule has 15 heavy (non-hydrogen) atoms. The van der Waals surface area contributed by atoms with Gasteiger partial charge in [-0.3, -0.25) is 4.79 Å². The van der Waals surface area contributed by atoms with Crippen LogP contribution in [-0.2, 0) is 0 Å². The molecule has 0 radical (unpaired) electrons. The second-order valence-electron chi connectivity index (χ2n) is 3.05. The standard InChI is InChI=1S/C10H6FNO3/c11-6-2-1-5-3-8(10(14)15)12-9(13)7(5)4-6/h1-4H,(H,12,13)(H,14,15). The molecule has 0 amide bonds. The van der Waals surface area contributed by atoms with Gasteiger partial charge < -0.3 is 10.1 Å². The molecule has 0 aliphatic carbocycles. The monoisotopic (exact) mass is 207 g/mol. The predicted octanol–water partition coefficient (Wildman–Crippen LogP) is 1.37. The zero-order chi connectivity index (χ0) is 11.0. The van der Waals surface area contributed by atoms with E-state index in [-0.39, 0.29) is 11.1 Å². The van der Waals surface area contributed by atoms with Crippen molar-refractivity contribution in [2.24, 2.45) is 0 Å². The van der Waals surface area contributed by atoms with Crippen LogP contribution in [0.1, 0.15) is 10.5 Å². The first-order valence-corrected chi connectivity index (χ1v) is 4.14. The van der Waals surface area contributed by atoms with Crippen molar-refractivity contribution in [3.05, 3.63) is 46.1 Å². The Kier molecular flexibility index (Phi) is 2.00. The molecule has 0 saturated carbocycles. The zero-order valence-corrected chi connectivity index (χ0v) is 7.45. The van der Waals surface area contributed by atoms with Gasteiger partial charge in [0.15, 0.2) is 0 Å². The van der Waals surface area contributed by atoms with Gasteiger partial charge in [-0.1, -0.05) is 6.07 Å². The average Bonchev–Trinajstić information content (AvgIpc) is 2.18. The fourth-order valence-electron chi connectivity index (χ4n) is 1.35. The van der Waals surface area contributed by atoms with E-state index < -0.39 is 17.3 Å². The Morgan fingerprint density at radius 3 is 2.73 bits per heavy atom. The van der Waals surface area contributed by atoms with E-state index in [1.165, 1.54) is 18.2 Å². The molecule has 1 heterocycles. The van der Waals surface area contributed by atoms with Crippen molar-refractivity contribution in [1.29, 1.82) is 0 Å². The molecule has 0 spiro atoms. The summed E-state index contributed by atoms with van der Waals surface area (Å²) >= 11 is 0. The quantitative estimate of drug-likeness (QED) is 0.741. The molecule has 1 aromatic heterocycles. The maximum Gasteiger partial charge on any atom is 0.352 e. The normalized spacial score (nSPS) is 10.5. The Bertz CT molecular complexity index is 603. The Morgan fingerprint density at radius 1 is 1.33 bits per heavy atom. The Balaban J connectivity index is 2.84.